The van der Waals surface area contributed by atoms with Crippen molar-refractivity contribution in [2.75, 3.05) is 13.6 Å². The highest BCUT2D eigenvalue weighted by Gasteiger charge is 2.55. The molecule has 0 spiro atoms. The first-order valence-electron chi connectivity index (χ1n) is 5.02. The van der Waals surface area contributed by atoms with Crippen molar-refractivity contribution in [3.8, 4) is 0 Å². The van der Waals surface area contributed by atoms with E-state index in [2.05, 4.69) is 0 Å². The molecular weight excluding hydrogens is 150 g/mol. The molecule has 2 bridgehead atoms. The van der Waals surface area contributed by atoms with Crippen LogP contribution in [0.25, 0.3) is 0 Å². The van der Waals surface area contributed by atoms with E-state index >= 15 is 0 Å². The van der Waals surface area contributed by atoms with Crippen molar-refractivity contribution in [2.45, 2.75) is 19.3 Å². The van der Waals surface area contributed by atoms with Crippen molar-refractivity contribution < 1.29 is 4.79 Å². The molecule has 0 radical (unpaired) electrons. The number of rotatable bonds is 0. The monoisotopic (exact) mass is 165 g/mol. The summed E-state index contributed by atoms with van der Waals surface area (Å²) in [4.78, 5) is 13.6. The molecule has 3 aliphatic rings. The van der Waals surface area contributed by atoms with E-state index in [1.165, 1.54) is 19.3 Å². The summed E-state index contributed by atoms with van der Waals surface area (Å²) < 4.78 is 0. The molecule has 4 atom stereocenters. The van der Waals surface area contributed by atoms with Crippen LogP contribution in [0.1, 0.15) is 19.3 Å². The molecule has 0 aromatic carbocycles. The summed E-state index contributed by atoms with van der Waals surface area (Å²) >= 11 is 0. The predicted molar refractivity (Wildman–Crippen MR) is 45.4 cm³/mol. The minimum absolute atomic E-state index is 0.437. The Balaban J connectivity index is 1.95. The van der Waals surface area contributed by atoms with Gasteiger partial charge in [-0.1, -0.05) is 0 Å². The van der Waals surface area contributed by atoms with Gasteiger partial charge in [0.2, 0.25) is 5.91 Å². The van der Waals surface area contributed by atoms with Gasteiger partial charge in [-0.2, -0.15) is 0 Å². The number of hydrogen-bond acceptors (Lipinski definition) is 1. The minimum atomic E-state index is 0.437. The third-order valence-corrected chi connectivity index (χ3v) is 4.23. The van der Waals surface area contributed by atoms with Crippen molar-refractivity contribution in [1.29, 1.82) is 0 Å². The molecule has 66 valence electrons. The van der Waals surface area contributed by atoms with E-state index in [0.717, 1.165) is 24.3 Å². The van der Waals surface area contributed by atoms with Crippen LogP contribution in [-0.4, -0.2) is 24.4 Å². The molecule has 12 heavy (non-hydrogen) atoms. The van der Waals surface area contributed by atoms with E-state index in [4.69, 9.17) is 0 Å². The number of carbonyl (C=O) groups excluding carboxylic acids is 1. The first kappa shape index (κ1) is 6.93. The average Bonchev–Trinajstić information content (AvgIpc) is 2.66. The van der Waals surface area contributed by atoms with Crippen molar-refractivity contribution in [3.63, 3.8) is 0 Å². The fourth-order valence-electron chi connectivity index (χ4n) is 3.72. The van der Waals surface area contributed by atoms with Gasteiger partial charge in [0.1, 0.15) is 0 Å². The Morgan fingerprint density at radius 2 is 2.08 bits per heavy atom. The van der Waals surface area contributed by atoms with Crippen molar-refractivity contribution in [3.05, 3.63) is 0 Å². The van der Waals surface area contributed by atoms with E-state index in [0.29, 0.717) is 11.8 Å². The standard InChI is InChI=1S/C10H15NO/c1-11-5-8-6-2-3-7(4-6)9(8)10(11)12/h6-9H,2-5H2,1H3. The maximum absolute atomic E-state index is 11.7. The number of hydrogen-bond donors (Lipinski definition) is 0. The topological polar surface area (TPSA) is 20.3 Å². The normalized spacial score (nSPS) is 50.4. The highest BCUT2D eigenvalue weighted by atomic mass is 16.2. The van der Waals surface area contributed by atoms with Gasteiger partial charge in [-0.25, -0.2) is 0 Å². The van der Waals surface area contributed by atoms with E-state index in [1.54, 1.807) is 0 Å². The molecule has 1 aliphatic heterocycles. The largest absolute Gasteiger partial charge is 0.345 e. The minimum Gasteiger partial charge on any atom is -0.345 e. The van der Waals surface area contributed by atoms with Gasteiger partial charge in [-0.3, -0.25) is 4.79 Å². The number of likely N-dealkylation sites (tertiary alicyclic amines) is 1. The summed E-state index contributed by atoms with van der Waals surface area (Å²) in [5.74, 6) is 3.27. The van der Waals surface area contributed by atoms with Gasteiger partial charge >= 0.3 is 0 Å². The van der Waals surface area contributed by atoms with Crippen molar-refractivity contribution in [1.82, 2.24) is 4.90 Å². The zero-order valence-electron chi connectivity index (χ0n) is 7.49. The smallest absolute Gasteiger partial charge is 0.226 e. The third kappa shape index (κ3) is 0.644. The second-order valence-electron chi connectivity index (χ2n) is 4.74. The van der Waals surface area contributed by atoms with Gasteiger partial charge in [-0.15, -0.1) is 0 Å². The molecule has 3 rings (SSSR count). The lowest BCUT2D eigenvalue weighted by molar-refractivity contribution is -0.131. The molecule has 0 aromatic rings. The predicted octanol–water partition coefficient (Wildman–Crippen LogP) is 1.12. The van der Waals surface area contributed by atoms with Crippen LogP contribution in [0.3, 0.4) is 0 Å². The van der Waals surface area contributed by atoms with Crippen LogP contribution in [0.15, 0.2) is 0 Å². The van der Waals surface area contributed by atoms with E-state index in [1.807, 2.05) is 11.9 Å². The highest BCUT2D eigenvalue weighted by molar-refractivity contribution is 5.82. The Morgan fingerprint density at radius 1 is 1.33 bits per heavy atom. The molecule has 1 saturated heterocycles. The summed E-state index contributed by atoms with van der Waals surface area (Å²) in [5, 5.41) is 0. The molecule has 0 N–H and O–H groups in total. The molecule has 2 saturated carbocycles. The molecular formula is C10H15NO. The second kappa shape index (κ2) is 2.04. The van der Waals surface area contributed by atoms with Crippen LogP contribution >= 0.6 is 0 Å². The zero-order valence-corrected chi connectivity index (χ0v) is 7.49. The SMILES string of the molecule is CN1CC2C3CCC(C3)C2C1=O. The Hall–Kier alpha value is -0.530. The molecule has 2 nitrogen and oxygen atoms in total. The van der Waals surface area contributed by atoms with Crippen LogP contribution in [0, 0.1) is 23.7 Å². The maximum atomic E-state index is 11.7. The van der Waals surface area contributed by atoms with Gasteiger partial charge in [0, 0.05) is 19.5 Å². The zero-order chi connectivity index (χ0) is 8.29. The van der Waals surface area contributed by atoms with E-state index < -0.39 is 0 Å². The number of nitrogens with zero attached hydrogens (tertiary/aromatic N) is 1. The van der Waals surface area contributed by atoms with Crippen molar-refractivity contribution in [2.24, 2.45) is 23.7 Å². The fourth-order valence-corrected chi connectivity index (χ4v) is 3.72. The molecule has 0 aromatic heterocycles. The lowest BCUT2D eigenvalue weighted by Gasteiger charge is -2.20. The Kier molecular flexibility index (Phi) is 1.18. The fraction of sp³-hybridized carbons (Fsp3) is 0.900. The van der Waals surface area contributed by atoms with Crippen LogP contribution < -0.4 is 0 Å². The lowest BCUT2D eigenvalue weighted by Crippen LogP contribution is -2.26. The first-order chi connectivity index (χ1) is 5.77. The van der Waals surface area contributed by atoms with Crippen LogP contribution in [0.5, 0.6) is 0 Å². The summed E-state index contributed by atoms with van der Waals surface area (Å²) in [6.45, 7) is 1.05. The average molecular weight is 165 g/mol. The Bertz CT molecular complexity index is 238. The number of carbonyl (C=O) groups is 1. The molecule has 3 fully saturated rings. The summed E-state index contributed by atoms with van der Waals surface area (Å²) in [6, 6.07) is 0. The highest BCUT2D eigenvalue weighted by Crippen LogP contribution is 2.55. The molecule has 4 unspecified atom stereocenters. The Labute approximate surface area is 72.9 Å². The van der Waals surface area contributed by atoms with E-state index in [-0.39, 0.29) is 0 Å². The maximum Gasteiger partial charge on any atom is 0.226 e. The lowest BCUT2D eigenvalue weighted by atomic mass is 9.81. The number of fused-ring (bicyclic) bond motifs is 5. The Morgan fingerprint density at radius 3 is 2.83 bits per heavy atom. The van der Waals surface area contributed by atoms with Crippen molar-refractivity contribution >= 4 is 5.91 Å². The van der Waals surface area contributed by atoms with E-state index in [9.17, 15) is 4.79 Å². The van der Waals surface area contributed by atoms with Crippen LogP contribution in [0.2, 0.25) is 0 Å². The summed E-state index contributed by atoms with van der Waals surface area (Å²) in [6.07, 6.45) is 4.08. The summed E-state index contributed by atoms with van der Waals surface area (Å²) in [5.41, 5.74) is 0. The third-order valence-electron chi connectivity index (χ3n) is 4.23. The second-order valence-corrected chi connectivity index (χ2v) is 4.74. The molecule has 1 heterocycles. The van der Waals surface area contributed by atoms with Crippen LogP contribution in [0.4, 0.5) is 0 Å². The van der Waals surface area contributed by atoms with Gasteiger partial charge in [0.25, 0.3) is 0 Å². The summed E-state index contributed by atoms with van der Waals surface area (Å²) in [7, 11) is 1.96. The quantitative estimate of drug-likeness (QED) is 0.526. The first-order valence-corrected chi connectivity index (χ1v) is 5.02. The van der Waals surface area contributed by atoms with Gasteiger partial charge in [-0.05, 0) is 37.0 Å². The number of amides is 1. The molecule has 1 amide bonds. The van der Waals surface area contributed by atoms with Gasteiger partial charge in [0.05, 0.1) is 0 Å². The molecule has 2 aliphatic carbocycles. The van der Waals surface area contributed by atoms with Gasteiger partial charge in [0.15, 0.2) is 0 Å². The van der Waals surface area contributed by atoms with Crippen LogP contribution in [-0.2, 0) is 4.79 Å². The van der Waals surface area contributed by atoms with Gasteiger partial charge < -0.3 is 4.90 Å². The molecule has 2 heteroatoms.